The number of hydrogen-bond donors (Lipinski definition) is 1. The number of Topliss-reactive ketones (excluding diaryl/α,β-unsaturated/α-hetero) is 1. The van der Waals surface area contributed by atoms with Crippen LogP contribution in [-0.4, -0.2) is 30.6 Å². The fourth-order valence-electron chi connectivity index (χ4n) is 1.46. The number of rotatable bonds is 6. The lowest BCUT2D eigenvalue weighted by molar-refractivity contribution is -0.138. The summed E-state index contributed by atoms with van der Waals surface area (Å²) in [5.41, 5.74) is 0.905. The highest BCUT2D eigenvalue weighted by molar-refractivity contribution is 5.97. The average Bonchev–Trinajstić information content (AvgIpc) is 2.46. The second kappa shape index (κ2) is 7.33. The predicted octanol–water partition coefficient (Wildman–Crippen LogP) is 2.48. The van der Waals surface area contributed by atoms with E-state index >= 15 is 0 Å². The number of phenols is 1. The average molecular weight is 278 g/mol. The zero-order valence-corrected chi connectivity index (χ0v) is 11.8. The van der Waals surface area contributed by atoms with Crippen LogP contribution in [0.2, 0.25) is 0 Å². The van der Waals surface area contributed by atoms with Crippen molar-refractivity contribution in [1.29, 1.82) is 0 Å². The summed E-state index contributed by atoms with van der Waals surface area (Å²) < 4.78 is 9.89. The van der Waals surface area contributed by atoms with Gasteiger partial charge in [-0.15, -0.1) is 0 Å². The lowest BCUT2D eigenvalue weighted by atomic mass is 10.1. The topological polar surface area (TPSA) is 72.8 Å². The minimum atomic E-state index is -0.427. The van der Waals surface area contributed by atoms with Crippen LogP contribution in [0.3, 0.4) is 0 Å². The van der Waals surface area contributed by atoms with E-state index in [-0.39, 0.29) is 30.3 Å². The summed E-state index contributed by atoms with van der Waals surface area (Å²) in [5, 5.41) is 9.44. The molecule has 1 N–H and O–H groups in total. The Morgan fingerprint density at radius 2 is 2.05 bits per heavy atom. The summed E-state index contributed by atoms with van der Waals surface area (Å²) in [6.45, 7) is 3.41. The van der Waals surface area contributed by atoms with Crippen LogP contribution in [0.5, 0.6) is 11.5 Å². The van der Waals surface area contributed by atoms with Gasteiger partial charge >= 0.3 is 5.97 Å². The molecule has 0 aliphatic heterocycles. The second-order valence-corrected chi connectivity index (χ2v) is 4.17. The molecule has 0 aliphatic carbocycles. The van der Waals surface area contributed by atoms with Crippen LogP contribution in [0, 0.1) is 0 Å². The number of methoxy groups -OCH3 is 1. The van der Waals surface area contributed by atoms with Crippen molar-refractivity contribution < 1.29 is 24.2 Å². The Labute approximate surface area is 117 Å². The molecule has 5 nitrogen and oxygen atoms in total. The Balaban J connectivity index is 2.57. The van der Waals surface area contributed by atoms with Crippen LogP contribution in [0.4, 0.5) is 0 Å². The zero-order valence-electron chi connectivity index (χ0n) is 11.8. The lowest BCUT2D eigenvalue weighted by Crippen LogP contribution is -2.10. The molecular weight excluding hydrogens is 260 g/mol. The van der Waals surface area contributed by atoms with Gasteiger partial charge in [0.2, 0.25) is 0 Å². The third kappa shape index (κ3) is 4.12. The van der Waals surface area contributed by atoms with E-state index in [1.807, 2.05) is 0 Å². The van der Waals surface area contributed by atoms with Gasteiger partial charge in [-0.25, -0.2) is 4.79 Å². The first-order chi connectivity index (χ1) is 9.49. The zero-order chi connectivity index (χ0) is 15.1. The quantitative estimate of drug-likeness (QED) is 0.491. The number of esters is 1. The van der Waals surface area contributed by atoms with E-state index in [0.717, 1.165) is 0 Å². The number of ether oxygens (including phenoxy) is 2. The molecule has 0 aromatic heterocycles. The molecule has 0 saturated carbocycles. The van der Waals surface area contributed by atoms with Gasteiger partial charge in [0.05, 0.1) is 13.7 Å². The molecule has 0 amide bonds. The Bertz CT molecular complexity index is 531. The number of phenolic OH excluding ortho intramolecular Hbond substituents is 1. The van der Waals surface area contributed by atoms with Gasteiger partial charge in [0, 0.05) is 17.6 Å². The van der Waals surface area contributed by atoms with Crippen molar-refractivity contribution >= 4 is 11.8 Å². The number of allylic oxidation sites excluding steroid dienone is 1. The fourth-order valence-corrected chi connectivity index (χ4v) is 1.46. The molecule has 1 aromatic rings. The van der Waals surface area contributed by atoms with Crippen LogP contribution in [0.15, 0.2) is 29.8 Å². The third-order valence-electron chi connectivity index (χ3n) is 2.82. The van der Waals surface area contributed by atoms with E-state index in [9.17, 15) is 14.7 Å². The number of carbonyl (C=O) groups is 2. The highest BCUT2D eigenvalue weighted by atomic mass is 16.5. The Morgan fingerprint density at radius 3 is 2.65 bits per heavy atom. The van der Waals surface area contributed by atoms with E-state index in [1.54, 1.807) is 19.9 Å². The number of benzene rings is 1. The van der Waals surface area contributed by atoms with Crippen molar-refractivity contribution in [3.63, 3.8) is 0 Å². The van der Waals surface area contributed by atoms with E-state index in [4.69, 9.17) is 9.47 Å². The van der Waals surface area contributed by atoms with Crippen LogP contribution < -0.4 is 4.74 Å². The molecule has 0 spiro atoms. The normalized spacial score (nSPS) is 11.1. The van der Waals surface area contributed by atoms with Crippen LogP contribution >= 0.6 is 0 Å². The van der Waals surface area contributed by atoms with Gasteiger partial charge in [-0.1, -0.05) is 6.08 Å². The van der Waals surface area contributed by atoms with Crippen LogP contribution in [0.25, 0.3) is 0 Å². The summed E-state index contributed by atoms with van der Waals surface area (Å²) in [6, 6.07) is 4.35. The predicted molar refractivity (Wildman–Crippen MR) is 74.0 cm³/mol. The number of hydrogen-bond acceptors (Lipinski definition) is 5. The molecule has 20 heavy (non-hydrogen) atoms. The molecule has 0 radical (unpaired) electrons. The Kier molecular flexibility index (Phi) is 5.77. The van der Waals surface area contributed by atoms with Crippen molar-refractivity contribution in [3.05, 3.63) is 35.4 Å². The summed E-state index contributed by atoms with van der Waals surface area (Å²) >= 11 is 0. The van der Waals surface area contributed by atoms with Crippen LogP contribution in [-0.2, 0) is 9.53 Å². The molecule has 5 heteroatoms. The molecule has 0 atom stereocenters. The summed E-state index contributed by atoms with van der Waals surface area (Å²) in [6.07, 6.45) is 1.73. The van der Waals surface area contributed by atoms with Gasteiger partial charge in [-0.3, -0.25) is 4.79 Å². The molecule has 108 valence electrons. The molecule has 0 unspecified atom stereocenters. The number of aromatic hydroxyl groups is 1. The number of ketones is 1. The number of carbonyl (C=O) groups excluding carboxylic acids is 2. The standard InChI is InChI=1S/C15H18O5/c1-4-10(2)15(18)20-8-7-12(16)11-5-6-13(17)14(9-11)19-3/h4-6,9,17H,7-8H2,1-3H3. The Hall–Kier alpha value is -2.30. The molecule has 1 rings (SSSR count). The molecule has 0 bridgehead atoms. The molecule has 1 aromatic carbocycles. The molecule has 0 fully saturated rings. The van der Waals surface area contributed by atoms with Crippen molar-refractivity contribution in [2.45, 2.75) is 20.3 Å². The summed E-state index contributed by atoms with van der Waals surface area (Å²) in [7, 11) is 1.41. The van der Waals surface area contributed by atoms with E-state index in [0.29, 0.717) is 11.1 Å². The van der Waals surface area contributed by atoms with Gasteiger partial charge < -0.3 is 14.6 Å². The van der Waals surface area contributed by atoms with Crippen molar-refractivity contribution in [2.75, 3.05) is 13.7 Å². The second-order valence-electron chi connectivity index (χ2n) is 4.17. The molecular formula is C15H18O5. The fraction of sp³-hybridized carbons (Fsp3) is 0.333. The van der Waals surface area contributed by atoms with Gasteiger partial charge in [-0.2, -0.15) is 0 Å². The van der Waals surface area contributed by atoms with Crippen molar-refractivity contribution in [3.8, 4) is 11.5 Å². The maximum atomic E-state index is 11.9. The third-order valence-corrected chi connectivity index (χ3v) is 2.82. The summed E-state index contributed by atoms with van der Waals surface area (Å²) in [5.74, 6) is -0.408. The lowest BCUT2D eigenvalue weighted by Gasteiger charge is -2.07. The Morgan fingerprint density at radius 1 is 1.35 bits per heavy atom. The van der Waals surface area contributed by atoms with Gasteiger partial charge in [-0.05, 0) is 32.0 Å². The van der Waals surface area contributed by atoms with E-state index in [2.05, 4.69) is 0 Å². The van der Waals surface area contributed by atoms with E-state index in [1.165, 1.54) is 25.3 Å². The monoisotopic (exact) mass is 278 g/mol. The maximum Gasteiger partial charge on any atom is 0.333 e. The first-order valence-electron chi connectivity index (χ1n) is 6.19. The SMILES string of the molecule is CC=C(C)C(=O)OCCC(=O)c1ccc(O)c(OC)c1. The van der Waals surface area contributed by atoms with Crippen LogP contribution in [0.1, 0.15) is 30.6 Å². The highest BCUT2D eigenvalue weighted by Gasteiger charge is 2.11. The largest absolute Gasteiger partial charge is 0.504 e. The minimum Gasteiger partial charge on any atom is -0.504 e. The first kappa shape index (κ1) is 15.8. The highest BCUT2D eigenvalue weighted by Crippen LogP contribution is 2.26. The summed E-state index contributed by atoms with van der Waals surface area (Å²) in [4.78, 5) is 23.3. The van der Waals surface area contributed by atoms with Gasteiger partial charge in [0.1, 0.15) is 0 Å². The van der Waals surface area contributed by atoms with Crippen molar-refractivity contribution in [1.82, 2.24) is 0 Å². The molecule has 0 aliphatic rings. The van der Waals surface area contributed by atoms with Gasteiger partial charge in [0.15, 0.2) is 17.3 Å². The first-order valence-corrected chi connectivity index (χ1v) is 6.19. The maximum absolute atomic E-state index is 11.9. The molecule has 0 heterocycles. The van der Waals surface area contributed by atoms with Gasteiger partial charge in [0.25, 0.3) is 0 Å². The minimum absolute atomic E-state index is 0.0199. The molecule has 0 saturated heterocycles. The smallest absolute Gasteiger partial charge is 0.333 e. The van der Waals surface area contributed by atoms with E-state index < -0.39 is 5.97 Å². The van der Waals surface area contributed by atoms with Crippen molar-refractivity contribution in [2.24, 2.45) is 0 Å².